The van der Waals surface area contributed by atoms with Gasteiger partial charge in [-0.15, -0.1) is 11.3 Å². The Morgan fingerprint density at radius 1 is 1.06 bits per heavy atom. The fourth-order valence-corrected chi connectivity index (χ4v) is 5.73. The highest BCUT2D eigenvalue weighted by Crippen LogP contribution is 2.42. The third-order valence-electron chi connectivity index (χ3n) is 5.72. The monoisotopic (exact) mass is 514 g/mol. The first kappa shape index (κ1) is 25.3. The smallest absolute Gasteiger partial charge is 0.254 e. The first-order valence-corrected chi connectivity index (χ1v) is 13.4. The summed E-state index contributed by atoms with van der Waals surface area (Å²) in [6.07, 6.45) is 0.886. The molecule has 6 nitrogen and oxygen atoms in total. The molecule has 1 aromatic heterocycles. The van der Waals surface area contributed by atoms with E-state index in [2.05, 4.69) is 28.9 Å². The summed E-state index contributed by atoms with van der Waals surface area (Å²) in [6, 6.07) is 23.1. The van der Waals surface area contributed by atoms with E-state index in [1.165, 1.54) is 23.1 Å². The Labute approximate surface area is 219 Å². The SMILES string of the molecule is CCc1cccc(NC(=O)CSC2=C(C#N)C(c3cccs3)C(C(=O)Nc3ccccc3)=C(C)N2)c1. The Bertz CT molecular complexity index is 1360. The molecule has 0 radical (unpaired) electrons. The molecule has 0 saturated carbocycles. The molecule has 1 aliphatic rings. The molecule has 1 unspecified atom stereocenters. The number of thiophene rings is 1. The summed E-state index contributed by atoms with van der Waals surface area (Å²) in [4.78, 5) is 26.9. The number of aryl methyl sites for hydroxylation is 1. The van der Waals surface area contributed by atoms with Gasteiger partial charge >= 0.3 is 0 Å². The number of carbonyl (C=O) groups excluding carboxylic acids is 2. The number of thioether (sulfide) groups is 1. The summed E-state index contributed by atoms with van der Waals surface area (Å²) < 4.78 is 0. The zero-order valence-corrected chi connectivity index (χ0v) is 21.6. The third-order valence-corrected chi connectivity index (χ3v) is 7.67. The van der Waals surface area contributed by atoms with E-state index < -0.39 is 5.92 Å². The van der Waals surface area contributed by atoms with Gasteiger partial charge in [0.2, 0.25) is 5.91 Å². The molecule has 0 bridgehead atoms. The number of amides is 2. The Balaban J connectivity index is 1.56. The summed E-state index contributed by atoms with van der Waals surface area (Å²) in [5, 5.41) is 21.8. The second-order valence-corrected chi connectivity index (χ2v) is 10.1. The van der Waals surface area contributed by atoms with Crippen molar-refractivity contribution in [3.8, 4) is 6.07 Å². The maximum atomic E-state index is 13.4. The maximum Gasteiger partial charge on any atom is 0.254 e. The standard InChI is InChI=1S/C28H26N4O2S2/c1-3-19-9-7-12-21(15-19)31-24(33)17-36-28-22(16-29)26(23-13-8-14-35-23)25(18(2)30-28)27(34)32-20-10-5-4-6-11-20/h4-15,26,30H,3,17H2,1-2H3,(H,31,33)(H,32,34). The minimum Gasteiger partial charge on any atom is -0.353 e. The molecule has 0 spiro atoms. The normalized spacial score (nSPS) is 15.2. The van der Waals surface area contributed by atoms with Crippen molar-refractivity contribution in [3.05, 3.63) is 104 Å². The Morgan fingerprint density at radius 3 is 2.53 bits per heavy atom. The van der Waals surface area contributed by atoms with E-state index in [0.29, 0.717) is 27.6 Å². The quantitative estimate of drug-likeness (QED) is 0.342. The molecule has 1 atom stereocenters. The van der Waals surface area contributed by atoms with E-state index in [1.807, 2.05) is 79.0 Å². The van der Waals surface area contributed by atoms with E-state index in [1.54, 1.807) is 0 Å². The predicted octanol–water partition coefficient (Wildman–Crippen LogP) is 6.02. The fourth-order valence-electron chi connectivity index (χ4n) is 3.99. The Morgan fingerprint density at radius 2 is 1.83 bits per heavy atom. The van der Waals surface area contributed by atoms with Gasteiger partial charge in [0, 0.05) is 27.5 Å². The van der Waals surface area contributed by atoms with Crippen LogP contribution in [0.1, 0.15) is 30.2 Å². The summed E-state index contributed by atoms with van der Waals surface area (Å²) in [5.41, 5.74) is 4.14. The lowest BCUT2D eigenvalue weighted by Crippen LogP contribution is -2.30. The first-order valence-electron chi connectivity index (χ1n) is 11.5. The van der Waals surface area contributed by atoms with Crippen LogP contribution in [0.4, 0.5) is 11.4 Å². The van der Waals surface area contributed by atoms with E-state index in [9.17, 15) is 14.9 Å². The molecule has 0 aliphatic carbocycles. The number of carbonyl (C=O) groups is 2. The molecule has 0 saturated heterocycles. The van der Waals surface area contributed by atoms with Gasteiger partial charge < -0.3 is 16.0 Å². The van der Waals surface area contributed by atoms with Crippen LogP contribution < -0.4 is 16.0 Å². The van der Waals surface area contributed by atoms with Gasteiger partial charge in [0.05, 0.1) is 28.3 Å². The van der Waals surface area contributed by atoms with Crippen LogP contribution in [0.5, 0.6) is 0 Å². The minimum absolute atomic E-state index is 0.125. The number of hydrogen-bond acceptors (Lipinski definition) is 6. The molecule has 3 N–H and O–H groups in total. The van der Waals surface area contributed by atoms with Crippen LogP contribution in [0.3, 0.4) is 0 Å². The fraction of sp³-hybridized carbons (Fsp3) is 0.179. The molecule has 36 heavy (non-hydrogen) atoms. The molecule has 182 valence electrons. The topological polar surface area (TPSA) is 94.0 Å². The second kappa shape index (κ2) is 11.8. The van der Waals surface area contributed by atoms with E-state index in [0.717, 1.165) is 22.5 Å². The molecule has 2 amide bonds. The molecule has 8 heteroatoms. The molecule has 3 aromatic rings. The molecule has 2 heterocycles. The molecule has 2 aromatic carbocycles. The van der Waals surface area contributed by atoms with Crippen molar-refractivity contribution < 1.29 is 9.59 Å². The number of hydrogen-bond donors (Lipinski definition) is 3. The lowest BCUT2D eigenvalue weighted by Gasteiger charge is -2.29. The van der Waals surface area contributed by atoms with Gasteiger partial charge in [-0.1, -0.05) is 55.1 Å². The van der Waals surface area contributed by atoms with Gasteiger partial charge in [0.25, 0.3) is 5.91 Å². The first-order chi connectivity index (χ1) is 17.5. The highest BCUT2D eigenvalue weighted by Gasteiger charge is 2.35. The average molecular weight is 515 g/mol. The van der Waals surface area contributed by atoms with Crippen LogP contribution in [0.25, 0.3) is 0 Å². The second-order valence-electron chi connectivity index (χ2n) is 8.18. The number of anilines is 2. The average Bonchev–Trinajstić information content (AvgIpc) is 3.42. The number of para-hydroxylation sites is 1. The van der Waals surface area contributed by atoms with Crippen LogP contribution in [0, 0.1) is 11.3 Å². The van der Waals surface area contributed by atoms with E-state index >= 15 is 0 Å². The number of benzene rings is 2. The third kappa shape index (κ3) is 5.88. The van der Waals surface area contributed by atoms with Crippen molar-refractivity contribution >= 4 is 46.3 Å². The van der Waals surface area contributed by atoms with E-state index in [-0.39, 0.29) is 17.6 Å². The molecule has 1 aliphatic heterocycles. The maximum absolute atomic E-state index is 13.4. The van der Waals surface area contributed by atoms with Crippen LogP contribution >= 0.6 is 23.1 Å². The number of rotatable bonds is 8. The summed E-state index contributed by atoms with van der Waals surface area (Å²) in [7, 11) is 0. The number of dihydropyridines is 1. The van der Waals surface area contributed by atoms with Crippen molar-refractivity contribution in [3.63, 3.8) is 0 Å². The largest absolute Gasteiger partial charge is 0.353 e. The zero-order valence-electron chi connectivity index (χ0n) is 20.0. The Kier molecular flexibility index (Phi) is 8.26. The van der Waals surface area contributed by atoms with Gasteiger partial charge in [0.15, 0.2) is 0 Å². The predicted molar refractivity (Wildman–Crippen MR) is 148 cm³/mol. The summed E-state index contributed by atoms with van der Waals surface area (Å²) in [5.74, 6) is -0.830. The molecular formula is C28H26N4O2S2. The van der Waals surface area contributed by atoms with Gasteiger partial charge in [-0.25, -0.2) is 0 Å². The van der Waals surface area contributed by atoms with Crippen LogP contribution in [0.15, 0.2) is 94.0 Å². The summed E-state index contributed by atoms with van der Waals surface area (Å²) >= 11 is 2.76. The van der Waals surface area contributed by atoms with Gasteiger partial charge in [-0.3, -0.25) is 9.59 Å². The van der Waals surface area contributed by atoms with Crippen LogP contribution in [0.2, 0.25) is 0 Å². The molecule has 4 rings (SSSR count). The van der Waals surface area contributed by atoms with Crippen molar-refractivity contribution in [1.29, 1.82) is 5.26 Å². The highest BCUT2D eigenvalue weighted by atomic mass is 32.2. The van der Waals surface area contributed by atoms with Gasteiger partial charge in [0.1, 0.15) is 0 Å². The van der Waals surface area contributed by atoms with Crippen molar-refractivity contribution in [1.82, 2.24) is 5.32 Å². The van der Waals surface area contributed by atoms with Crippen molar-refractivity contribution in [2.75, 3.05) is 16.4 Å². The lowest BCUT2D eigenvalue weighted by molar-refractivity contribution is -0.114. The van der Waals surface area contributed by atoms with Crippen LogP contribution in [-0.2, 0) is 16.0 Å². The van der Waals surface area contributed by atoms with Crippen LogP contribution in [-0.4, -0.2) is 17.6 Å². The van der Waals surface area contributed by atoms with Gasteiger partial charge in [-0.2, -0.15) is 5.26 Å². The lowest BCUT2D eigenvalue weighted by atomic mass is 9.86. The zero-order chi connectivity index (χ0) is 25.5. The highest BCUT2D eigenvalue weighted by molar-refractivity contribution is 8.03. The minimum atomic E-state index is -0.522. The summed E-state index contributed by atoms with van der Waals surface area (Å²) in [6.45, 7) is 3.89. The molecular weight excluding hydrogens is 488 g/mol. The van der Waals surface area contributed by atoms with E-state index in [4.69, 9.17) is 0 Å². The number of allylic oxidation sites excluding steroid dienone is 2. The molecule has 0 fully saturated rings. The van der Waals surface area contributed by atoms with Crippen molar-refractivity contribution in [2.24, 2.45) is 0 Å². The number of nitriles is 1. The number of nitrogens with zero attached hydrogens (tertiary/aromatic N) is 1. The number of nitrogens with one attached hydrogen (secondary N) is 3. The Hall–Kier alpha value is -3.80. The van der Waals surface area contributed by atoms with Gasteiger partial charge in [-0.05, 0) is 54.6 Å². The van der Waals surface area contributed by atoms with Crippen molar-refractivity contribution in [2.45, 2.75) is 26.2 Å².